The van der Waals surface area contributed by atoms with Crippen LogP contribution in [0.1, 0.15) is 15.9 Å². The first kappa shape index (κ1) is 20.7. The Balaban J connectivity index is 1.51. The molecule has 0 aliphatic heterocycles. The maximum atomic E-state index is 12.6. The van der Waals surface area contributed by atoms with Crippen LogP contribution in [0.4, 0.5) is 5.69 Å². The Morgan fingerprint density at radius 1 is 1.03 bits per heavy atom. The lowest BCUT2D eigenvalue weighted by Gasteiger charge is -2.12. The predicted molar refractivity (Wildman–Crippen MR) is 118 cm³/mol. The highest BCUT2D eigenvalue weighted by Crippen LogP contribution is 2.19. The van der Waals surface area contributed by atoms with Gasteiger partial charge < -0.3 is 5.32 Å². The van der Waals surface area contributed by atoms with Gasteiger partial charge in [-0.1, -0.05) is 30.3 Å². The van der Waals surface area contributed by atoms with Gasteiger partial charge >= 0.3 is 0 Å². The third-order valence-electron chi connectivity index (χ3n) is 4.80. The fourth-order valence-corrected chi connectivity index (χ4v) is 3.99. The standard InChI is InChI=1S/C22H21N5O3S/c1-26(2)31(29,30)20-10-8-19(9-11-20)25-22(28)18-12-17-14-24-27(21(17)23-13-18)15-16-6-4-3-5-7-16/h3-14H,15H2,1-2H3,(H,25,28). The van der Waals surface area contributed by atoms with Crippen LogP contribution in [0.2, 0.25) is 0 Å². The van der Waals surface area contributed by atoms with E-state index in [2.05, 4.69) is 15.4 Å². The van der Waals surface area contributed by atoms with E-state index in [0.717, 1.165) is 15.3 Å². The highest BCUT2D eigenvalue weighted by atomic mass is 32.2. The van der Waals surface area contributed by atoms with Crippen molar-refractivity contribution in [1.82, 2.24) is 19.1 Å². The number of nitrogens with zero attached hydrogens (tertiary/aromatic N) is 4. The molecule has 4 aromatic rings. The topological polar surface area (TPSA) is 97.2 Å². The summed E-state index contributed by atoms with van der Waals surface area (Å²) < 4.78 is 27.2. The zero-order valence-electron chi connectivity index (χ0n) is 17.1. The molecule has 0 fully saturated rings. The molecule has 0 radical (unpaired) electrons. The number of hydrogen-bond donors (Lipinski definition) is 1. The molecule has 8 nitrogen and oxygen atoms in total. The lowest BCUT2D eigenvalue weighted by Crippen LogP contribution is -2.22. The first-order valence-corrected chi connectivity index (χ1v) is 11.0. The summed E-state index contributed by atoms with van der Waals surface area (Å²) in [4.78, 5) is 17.2. The number of sulfonamides is 1. The van der Waals surface area contributed by atoms with Crippen molar-refractivity contribution in [3.8, 4) is 0 Å². The Morgan fingerprint density at radius 2 is 1.74 bits per heavy atom. The van der Waals surface area contributed by atoms with Gasteiger partial charge in [0.25, 0.3) is 5.91 Å². The summed E-state index contributed by atoms with van der Waals surface area (Å²) in [6.07, 6.45) is 3.19. The van der Waals surface area contributed by atoms with Gasteiger partial charge in [-0.15, -0.1) is 0 Å². The maximum Gasteiger partial charge on any atom is 0.257 e. The van der Waals surface area contributed by atoms with Gasteiger partial charge in [0.15, 0.2) is 5.65 Å². The molecule has 0 unspecified atom stereocenters. The number of anilines is 1. The van der Waals surface area contributed by atoms with Gasteiger partial charge in [-0.3, -0.25) is 4.79 Å². The summed E-state index contributed by atoms with van der Waals surface area (Å²) in [5.74, 6) is -0.339. The van der Waals surface area contributed by atoms with Crippen molar-refractivity contribution in [2.75, 3.05) is 19.4 Å². The minimum atomic E-state index is -3.52. The van der Waals surface area contributed by atoms with Crippen molar-refractivity contribution in [2.45, 2.75) is 11.4 Å². The molecule has 1 amide bonds. The van der Waals surface area contributed by atoms with Crippen LogP contribution >= 0.6 is 0 Å². The Labute approximate surface area is 180 Å². The van der Waals surface area contributed by atoms with Crippen LogP contribution in [0.5, 0.6) is 0 Å². The van der Waals surface area contributed by atoms with Crippen LogP contribution in [0.15, 0.2) is 78.0 Å². The van der Waals surface area contributed by atoms with Gasteiger partial charge in [0.2, 0.25) is 10.0 Å². The zero-order chi connectivity index (χ0) is 22.0. The molecule has 2 aromatic heterocycles. The molecule has 0 saturated heterocycles. The summed E-state index contributed by atoms with van der Waals surface area (Å²) in [5, 5.41) is 7.91. The molecular formula is C22H21N5O3S. The normalized spacial score (nSPS) is 11.7. The third kappa shape index (κ3) is 4.32. The minimum absolute atomic E-state index is 0.157. The van der Waals surface area contributed by atoms with E-state index in [0.29, 0.717) is 23.4 Å². The lowest BCUT2D eigenvalue weighted by molar-refractivity contribution is 0.102. The number of amides is 1. The van der Waals surface area contributed by atoms with Gasteiger partial charge in [-0.05, 0) is 35.9 Å². The molecule has 0 saturated carbocycles. The fourth-order valence-electron chi connectivity index (χ4n) is 3.09. The van der Waals surface area contributed by atoms with Crippen molar-refractivity contribution >= 4 is 32.7 Å². The molecule has 0 aliphatic rings. The molecular weight excluding hydrogens is 414 g/mol. The van der Waals surface area contributed by atoms with Crippen molar-refractivity contribution in [2.24, 2.45) is 0 Å². The highest BCUT2D eigenvalue weighted by molar-refractivity contribution is 7.89. The Morgan fingerprint density at radius 3 is 2.42 bits per heavy atom. The zero-order valence-corrected chi connectivity index (χ0v) is 17.9. The van der Waals surface area contributed by atoms with Crippen LogP contribution in [-0.2, 0) is 16.6 Å². The number of carbonyl (C=O) groups is 1. The van der Waals surface area contributed by atoms with Crippen molar-refractivity contribution in [3.05, 3.63) is 84.2 Å². The van der Waals surface area contributed by atoms with Crippen molar-refractivity contribution in [1.29, 1.82) is 0 Å². The first-order valence-electron chi connectivity index (χ1n) is 9.54. The highest BCUT2D eigenvalue weighted by Gasteiger charge is 2.17. The second-order valence-electron chi connectivity index (χ2n) is 7.19. The number of nitrogens with one attached hydrogen (secondary N) is 1. The van der Waals surface area contributed by atoms with E-state index in [1.807, 2.05) is 30.3 Å². The summed E-state index contributed by atoms with van der Waals surface area (Å²) in [6.45, 7) is 0.588. The number of aromatic nitrogens is 3. The molecule has 9 heteroatoms. The van der Waals surface area contributed by atoms with E-state index in [9.17, 15) is 13.2 Å². The van der Waals surface area contributed by atoms with Crippen LogP contribution in [0, 0.1) is 0 Å². The molecule has 31 heavy (non-hydrogen) atoms. The fraction of sp³-hybridized carbons (Fsp3) is 0.136. The third-order valence-corrected chi connectivity index (χ3v) is 6.63. The summed E-state index contributed by atoms with van der Waals surface area (Å²) in [7, 11) is -0.581. The van der Waals surface area contributed by atoms with E-state index in [1.165, 1.54) is 32.4 Å². The smallest absolute Gasteiger partial charge is 0.257 e. The van der Waals surface area contributed by atoms with Crippen LogP contribution in [0.25, 0.3) is 11.0 Å². The van der Waals surface area contributed by atoms with Gasteiger partial charge in [-0.25, -0.2) is 22.4 Å². The van der Waals surface area contributed by atoms with Gasteiger partial charge in [0.1, 0.15) is 0 Å². The number of benzene rings is 2. The molecule has 0 bridgehead atoms. The maximum absolute atomic E-state index is 12.6. The second-order valence-corrected chi connectivity index (χ2v) is 9.34. The van der Waals surface area contributed by atoms with E-state index in [-0.39, 0.29) is 10.8 Å². The molecule has 158 valence electrons. The summed E-state index contributed by atoms with van der Waals surface area (Å²) in [6, 6.07) is 17.7. The van der Waals surface area contributed by atoms with Crippen LogP contribution in [0.3, 0.4) is 0 Å². The van der Waals surface area contributed by atoms with Gasteiger partial charge in [-0.2, -0.15) is 5.10 Å². The molecule has 2 aromatic carbocycles. The van der Waals surface area contributed by atoms with E-state index in [4.69, 9.17) is 0 Å². The van der Waals surface area contributed by atoms with Crippen LogP contribution in [-0.4, -0.2) is 47.5 Å². The average molecular weight is 436 g/mol. The summed E-state index contributed by atoms with van der Waals surface area (Å²) in [5.41, 5.74) is 2.67. The Hall–Kier alpha value is -3.56. The Kier molecular flexibility index (Phi) is 5.53. The van der Waals surface area contributed by atoms with Gasteiger partial charge in [0, 0.05) is 31.4 Å². The molecule has 0 spiro atoms. The number of rotatable bonds is 6. The van der Waals surface area contributed by atoms with Crippen LogP contribution < -0.4 is 5.32 Å². The Bertz CT molecular complexity index is 1330. The summed E-state index contributed by atoms with van der Waals surface area (Å²) >= 11 is 0. The largest absolute Gasteiger partial charge is 0.322 e. The number of pyridine rings is 1. The minimum Gasteiger partial charge on any atom is -0.322 e. The molecule has 2 heterocycles. The monoisotopic (exact) mass is 435 g/mol. The van der Waals surface area contributed by atoms with E-state index >= 15 is 0 Å². The predicted octanol–water partition coefficient (Wildman–Crippen LogP) is 2.98. The van der Waals surface area contributed by atoms with E-state index in [1.54, 1.807) is 29.1 Å². The molecule has 0 atom stereocenters. The number of hydrogen-bond acceptors (Lipinski definition) is 5. The second kappa shape index (κ2) is 8.29. The number of carbonyl (C=O) groups excluding carboxylic acids is 1. The lowest BCUT2D eigenvalue weighted by atomic mass is 10.2. The number of fused-ring (bicyclic) bond motifs is 1. The van der Waals surface area contributed by atoms with Crippen molar-refractivity contribution < 1.29 is 13.2 Å². The molecule has 0 aliphatic carbocycles. The SMILES string of the molecule is CN(C)S(=O)(=O)c1ccc(NC(=O)c2cnc3c(cnn3Cc3ccccc3)c2)cc1. The van der Waals surface area contributed by atoms with Crippen molar-refractivity contribution in [3.63, 3.8) is 0 Å². The van der Waals surface area contributed by atoms with E-state index < -0.39 is 10.0 Å². The van der Waals surface area contributed by atoms with Gasteiger partial charge in [0.05, 0.1) is 23.2 Å². The first-order chi connectivity index (χ1) is 14.8. The quantitative estimate of drug-likeness (QED) is 0.502. The molecule has 1 N–H and O–H groups in total. The molecule has 4 rings (SSSR count). The average Bonchev–Trinajstić information content (AvgIpc) is 3.16.